The molecule has 0 aromatic heterocycles. The number of hydrogen-bond donors (Lipinski definition) is 0. The van der Waals surface area contributed by atoms with Crippen molar-refractivity contribution in [1.82, 2.24) is 4.90 Å². The first-order valence-corrected chi connectivity index (χ1v) is 6.84. The number of rotatable bonds is 2. The van der Waals surface area contributed by atoms with E-state index >= 15 is 0 Å². The van der Waals surface area contributed by atoms with Crippen molar-refractivity contribution in [1.29, 1.82) is 0 Å². The van der Waals surface area contributed by atoms with Gasteiger partial charge in [-0.1, -0.05) is 28.1 Å². The van der Waals surface area contributed by atoms with Gasteiger partial charge in [0.05, 0.1) is 0 Å². The maximum atomic E-state index is 3.50. The molecule has 0 bridgehead atoms. The third kappa shape index (κ3) is 3.01. The zero-order valence-electron chi connectivity index (χ0n) is 8.08. The molecule has 1 saturated heterocycles. The topological polar surface area (TPSA) is 3.24 Å². The van der Waals surface area contributed by atoms with Crippen LogP contribution in [0.25, 0.3) is 0 Å². The predicted octanol–water partition coefficient (Wildman–Crippen LogP) is 3.00. The van der Waals surface area contributed by atoms with Gasteiger partial charge in [0.1, 0.15) is 0 Å². The molecule has 0 N–H and O–H groups in total. The average Bonchev–Trinajstić information content (AvgIpc) is 2.19. The average molecular weight is 272 g/mol. The summed E-state index contributed by atoms with van der Waals surface area (Å²) in [4.78, 5) is 2.53. The smallest absolute Gasteiger partial charge is 0.0234 e. The molecule has 0 unspecified atom stereocenters. The summed E-state index contributed by atoms with van der Waals surface area (Å²) >= 11 is 5.57. The maximum absolute atomic E-state index is 3.50. The van der Waals surface area contributed by atoms with Crippen molar-refractivity contribution < 1.29 is 0 Å². The Kier molecular flexibility index (Phi) is 3.90. The lowest BCUT2D eigenvalue weighted by molar-refractivity contribution is 0.294. The summed E-state index contributed by atoms with van der Waals surface area (Å²) in [6.07, 6.45) is 0. The Labute approximate surface area is 98.0 Å². The van der Waals surface area contributed by atoms with Gasteiger partial charge in [-0.15, -0.1) is 0 Å². The Morgan fingerprint density at radius 2 is 2.07 bits per heavy atom. The summed E-state index contributed by atoms with van der Waals surface area (Å²) in [6, 6.07) is 8.60. The number of benzene rings is 1. The molecule has 1 fully saturated rings. The highest BCUT2D eigenvalue weighted by molar-refractivity contribution is 9.10. The second kappa shape index (κ2) is 5.19. The molecule has 0 amide bonds. The molecule has 0 radical (unpaired) electrons. The summed E-state index contributed by atoms with van der Waals surface area (Å²) in [5.74, 6) is 2.57. The zero-order valence-corrected chi connectivity index (χ0v) is 10.5. The van der Waals surface area contributed by atoms with Crippen LogP contribution in [0.1, 0.15) is 5.56 Å². The van der Waals surface area contributed by atoms with Crippen molar-refractivity contribution >= 4 is 27.7 Å². The van der Waals surface area contributed by atoms with Crippen LogP contribution < -0.4 is 0 Å². The molecule has 1 aromatic rings. The molecular weight excluding hydrogens is 258 g/mol. The minimum absolute atomic E-state index is 1.10. The molecule has 0 spiro atoms. The first kappa shape index (κ1) is 10.5. The fourth-order valence-corrected chi connectivity index (χ4v) is 3.08. The van der Waals surface area contributed by atoms with E-state index in [0.717, 1.165) is 6.54 Å². The van der Waals surface area contributed by atoms with Crippen molar-refractivity contribution in [3.05, 3.63) is 34.3 Å². The summed E-state index contributed by atoms with van der Waals surface area (Å²) in [5.41, 5.74) is 1.41. The van der Waals surface area contributed by atoms with Gasteiger partial charge in [-0.3, -0.25) is 4.90 Å². The maximum Gasteiger partial charge on any atom is 0.0234 e. The lowest BCUT2D eigenvalue weighted by atomic mass is 10.2. The van der Waals surface area contributed by atoms with E-state index in [1.165, 1.54) is 34.6 Å². The van der Waals surface area contributed by atoms with Crippen LogP contribution in [0.3, 0.4) is 0 Å². The van der Waals surface area contributed by atoms with Crippen LogP contribution in [0.4, 0.5) is 0 Å². The van der Waals surface area contributed by atoms with Crippen molar-refractivity contribution in [2.24, 2.45) is 0 Å². The van der Waals surface area contributed by atoms with Crippen LogP contribution >= 0.6 is 27.7 Å². The summed E-state index contributed by atoms with van der Waals surface area (Å²) in [6.45, 7) is 3.56. The molecule has 2 rings (SSSR count). The van der Waals surface area contributed by atoms with Gasteiger partial charge >= 0.3 is 0 Å². The highest BCUT2D eigenvalue weighted by Crippen LogP contribution is 2.16. The summed E-state index contributed by atoms with van der Waals surface area (Å²) < 4.78 is 1.18. The monoisotopic (exact) mass is 271 g/mol. The molecule has 0 atom stereocenters. The molecule has 1 aromatic carbocycles. The second-order valence-electron chi connectivity index (χ2n) is 3.52. The Morgan fingerprint density at radius 1 is 1.29 bits per heavy atom. The van der Waals surface area contributed by atoms with Crippen LogP contribution in [0.2, 0.25) is 0 Å². The summed E-state index contributed by atoms with van der Waals surface area (Å²) in [7, 11) is 0. The zero-order chi connectivity index (χ0) is 9.80. The molecule has 0 saturated carbocycles. The van der Waals surface area contributed by atoms with Gasteiger partial charge in [-0.25, -0.2) is 0 Å². The molecule has 0 aliphatic carbocycles. The van der Waals surface area contributed by atoms with E-state index < -0.39 is 0 Å². The second-order valence-corrected chi connectivity index (χ2v) is 5.66. The highest BCUT2D eigenvalue weighted by Gasteiger charge is 2.10. The van der Waals surface area contributed by atoms with Crippen LogP contribution in [-0.2, 0) is 6.54 Å². The molecule has 3 heteroatoms. The third-order valence-electron chi connectivity index (χ3n) is 2.40. The van der Waals surface area contributed by atoms with E-state index in [1.54, 1.807) is 0 Å². The minimum Gasteiger partial charge on any atom is -0.297 e. The SMILES string of the molecule is Brc1cccc(CN2CCSCC2)c1. The quantitative estimate of drug-likeness (QED) is 0.814. The van der Waals surface area contributed by atoms with E-state index in [0.29, 0.717) is 0 Å². The van der Waals surface area contributed by atoms with Gasteiger partial charge in [-0.2, -0.15) is 11.8 Å². The normalized spacial score (nSPS) is 18.4. The fourth-order valence-electron chi connectivity index (χ4n) is 1.65. The molecule has 14 heavy (non-hydrogen) atoms. The molecule has 1 aliphatic heterocycles. The number of halogens is 1. The van der Waals surface area contributed by atoms with Gasteiger partial charge in [-0.05, 0) is 17.7 Å². The lowest BCUT2D eigenvalue weighted by Gasteiger charge is -2.26. The highest BCUT2D eigenvalue weighted by atomic mass is 79.9. The largest absolute Gasteiger partial charge is 0.297 e. The number of nitrogens with zero attached hydrogens (tertiary/aromatic N) is 1. The van der Waals surface area contributed by atoms with Crippen LogP contribution in [0.15, 0.2) is 28.7 Å². The Bertz CT molecular complexity index is 297. The van der Waals surface area contributed by atoms with Crippen molar-refractivity contribution in [3.8, 4) is 0 Å². The predicted molar refractivity (Wildman–Crippen MR) is 66.7 cm³/mol. The fraction of sp³-hybridized carbons (Fsp3) is 0.455. The van der Waals surface area contributed by atoms with E-state index in [9.17, 15) is 0 Å². The molecule has 1 aliphatic rings. The first-order valence-electron chi connectivity index (χ1n) is 4.89. The van der Waals surface area contributed by atoms with Gasteiger partial charge in [0.15, 0.2) is 0 Å². The van der Waals surface area contributed by atoms with Crippen molar-refractivity contribution in [2.75, 3.05) is 24.6 Å². The van der Waals surface area contributed by atoms with E-state index in [1.807, 2.05) is 0 Å². The van der Waals surface area contributed by atoms with E-state index in [4.69, 9.17) is 0 Å². The number of hydrogen-bond acceptors (Lipinski definition) is 2. The minimum atomic E-state index is 1.10. The van der Waals surface area contributed by atoms with E-state index in [-0.39, 0.29) is 0 Å². The van der Waals surface area contributed by atoms with Crippen molar-refractivity contribution in [2.45, 2.75) is 6.54 Å². The lowest BCUT2D eigenvalue weighted by Crippen LogP contribution is -2.31. The van der Waals surface area contributed by atoms with Gasteiger partial charge in [0.2, 0.25) is 0 Å². The van der Waals surface area contributed by atoms with Crippen LogP contribution in [0, 0.1) is 0 Å². The molecule has 76 valence electrons. The van der Waals surface area contributed by atoms with Gasteiger partial charge in [0.25, 0.3) is 0 Å². The van der Waals surface area contributed by atoms with Gasteiger partial charge < -0.3 is 0 Å². The Morgan fingerprint density at radius 3 is 2.79 bits per heavy atom. The van der Waals surface area contributed by atoms with Crippen molar-refractivity contribution in [3.63, 3.8) is 0 Å². The van der Waals surface area contributed by atoms with E-state index in [2.05, 4.69) is 56.9 Å². The third-order valence-corrected chi connectivity index (χ3v) is 3.83. The Balaban J connectivity index is 1.95. The van der Waals surface area contributed by atoms with Crippen LogP contribution in [-0.4, -0.2) is 29.5 Å². The van der Waals surface area contributed by atoms with Gasteiger partial charge in [0, 0.05) is 35.6 Å². The number of thioether (sulfide) groups is 1. The van der Waals surface area contributed by atoms with Crippen LogP contribution in [0.5, 0.6) is 0 Å². The molecule has 1 nitrogen and oxygen atoms in total. The Hall–Kier alpha value is 0.01000. The first-order chi connectivity index (χ1) is 6.84. The molecule has 1 heterocycles. The summed E-state index contributed by atoms with van der Waals surface area (Å²) in [5, 5.41) is 0. The molecular formula is C11H14BrNS. The standard InChI is InChI=1S/C11H14BrNS/c12-11-3-1-2-10(8-11)9-13-4-6-14-7-5-13/h1-3,8H,4-7,9H2.